The van der Waals surface area contributed by atoms with Gasteiger partial charge in [-0.1, -0.05) is 22.0 Å². The Kier molecular flexibility index (Phi) is 3.91. The summed E-state index contributed by atoms with van der Waals surface area (Å²) in [6.07, 6.45) is 1.53. The highest BCUT2D eigenvalue weighted by atomic mass is 79.9. The van der Waals surface area contributed by atoms with Crippen molar-refractivity contribution in [3.63, 3.8) is 0 Å². The number of aryl methyl sites for hydroxylation is 2. The molecule has 1 N–H and O–H groups in total. The third-order valence-corrected chi connectivity index (χ3v) is 4.29. The summed E-state index contributed by atoms with van der Waals surface area (Å²) in [6, 6.07) is 8.53. The number of nitrogens with one attached hydrogen (secondary N) is 1. The summed E-state index contributed by atoms with van der Waals surface area (Å²) in [5.74, 6) is 0.286. The topological polar surface area (TPSA) is 59.1 Å². The van der Waals surface area contributed by atoms with Crippen LogP contribution in [-0.2, 0) is 10.0 Å². The maximum absolute atomic E-state index is 12.3. The molecule has 0 fully saturated rings. The zero-order valence-electron chi connectivity index (χ0n) is 10.5. The highest BCUT2D eigenvalue weighted by Gasteiger charge is 2.15. The van der Waals surface area contributed by atoms with Gasteiger partial charge in [-0.05, 0) is 49.2 Å². The first-order chi connectivity index (χ1) is 8.87. The standard InChI is InChI=1S/C13H13BrN2O2S/c1-9-5-10(2)7-12(6-9)19(17,18)16-13-8-11(14)3-4-15-13/h3-8H,1-2H3,(H,15,16). The van der Waals surface area contributed by atoms with Crippen LogP contribution in [0.3, 0.4) is 0 Å². The molecule has 0 spiro atoms. The Balaban J connectivity index is 2.37. The van der Waals surface area contributed by atoms with Gasteiger partial charge in [0.25, 0.3) is 10.0 Å². The summed E-state index contributed by atoms with van der Waals surface area (Å²) in [7, 11) is -3.61. The van der Waals surface area contributed by atoms with Gasteiger partial charge >= 0.3 is 0 Å². The molecule has 2 aromatic rings. The number of aromatic nitrogens is 1. The van der Waals surface area contributed by atoms with E-state index in [-0.39, 0.29) is 10.7 Å². The summed E-state index contributed by atoms with van der Waals surface area (Å²) < 4.78 is 27.7. The van der Waals surface area contributed by atoms with Gasteiger partial charge in [0.05, 0.1) is 4.90 Å². The van der Waals surface area contributed by atoms with Crippen LogP contribution < -0.4 is 4.72 Å². The first-order valence-electron chi connectivity index (χ1n) is 5.59. The van der Waals surface area contributed by atoms with Crippen molar-refractivity contribution in [1.82, 2.24) is 4.98 Å². The Bertz CT molecular complexity index is 694. The van der Waals surface area contributed by atoms with Crippen molar-refractivity contribution in [1.29, 1.82) is 0 Å². The fraction of sp³-hybridized carbons (Fsp3) is 0.154. The molecule has 1 aromatic heterocycles. The Morgan fingerprint density at radius 3 is 2.32 bits per heavy atom. The minimum atomic E-state index is -3.61. The highest BCUT2D eigenvalue weighted by molar-refractivity contribution is 9.10. The van der Waals surface area contributed by atoms with Crippen LogP contribution in [0.4, 0.5) is 5.82 Å². The molecule has 0 atom stereocenters. The fourth-order valence-electron chi connectivity index (χ4n) is 1.75. The van der Waals surface area contributed by atoms with Crippen molar-refractivity contribution < 1.29 is 8.42 Å². The van der Waals surface area contributed by atoms with Gasteiger partial charge in [-0.15, -0.1) is 0 Å². The highest BCUT2D eigenvalue weighted by Crippen LogP contribution is 2.19. The number of hydrogen-bond donors (Lipinski definition) is 1. The predicted octanol–water partition coefficient (Wildman–Crippen LogP) is 3.26. The number of nitrogens with zero attached hydrogens (tertiary/aromatic N) is 1. The van der Waals surface area contributed by atoms with Crippen LogP contribution in [0.5, 0.6) is 0 Å². The Hall–Kier alpha value is -1.40. The van der Waals surface area contributed by atoms with E-state index in [0.717, 1.165) is 15.6 Å². The van der Waals surface area contributed by atoms with Crippen LogP contribution in [0.15, 0.2) is 45.9 Å². The minimum Gasteiger partial charge on any atom is -0.263 e. The lowest BCUT2D eigenvalue weighted by atomic mass is 10.2. The second kappa shape index (κ2) is 5.30. The van der Waals surface area contributed by atoms with Crippen LogP contribution in [0.2, 0.25) is 0 Å². The Morgan fingerprint density at radius 2 is 1.74 bits per heavy atom. The molecule has 100 valence electrons. The first-order valence-corrected chi connectivity index (χ1v) is 7.87. The largest absolute Gasteiger partial charge is 0.263 e. The zero-order valence-corrected chi connectivity index (χ0v) is 12.9. The van der Waals surface area contributed by atoms with Crippen LogP contribution >= 0.6 is 15.9 Å². The molecule has 4 nitrogen and oxygen atoms in total. The third-order valence-electron chi connectivity index (χ3n) is 2.47. The SMILES string of the molecule is Cc1cc(C)cc(S(=O)(=O)Nc2cc(Br)ccn2)c1. The summed E-state index contributed by atoms with van der Waals surface area (Å²) in [4.78, 5) is 4.22. The number of hydrogen-bond acceptors (Lipinski definition) is 3. The summed E-state index contributed by atoms with van der Waals surface area (Å²) in [6.45, 7) is 3.73. The lowest BCUT2D eigenvalue weighted by molar-refractivity contribution is 0.601. The summed E-state index contributed by atoms with van der Waals surface area (Å²) in [5, 5.41) is 0. The maximum Gasteiger partial charge on any atom is 0.263 e. The van der Waals surface area contributed by atoms with Gasteiger partial charge in [0.1, 0.15) is 5.82 Å². The summed E-state index contributed by atoms with van der Waals surface area (Å²) >= 11 is 3.27. The molecular formula is C13H13BrN2O2S. The van der Waals surface area contributed by atoms with Crippen LogP contribution in [0, 0.1) is 13.8 Å². The van der Waals surface area contributed by atoms with Gasteiger partial charge in [0.15, 0.2) is 0 Å². The van der Waals surface area contributed by atoms with Crippen molar-refractivity contribution in [3.8, 4) is 0 Å². The molecule has 2 rings (SSSR count). The smallest absolute Gasteiger partial charge is 0.263 e. The first kappa shape index (κ1) is 14.0. The number of benzene rings is 1. The number of anilines is 1. The molecule has 0 aliphatic rings. The van der Waals surface area contributed by atoms with E-state index in [1.165, 1.54) is 6.20 Å². The van der Waals surface area contributed by atoms with Crippen molar-refractivity contribution in [2.75, 3.05) is 4.72 Å². The quantitative estimate of drug-likeness (QED) is 0.932. The van der Waals surface area contributed by atoms with Crippen LogP contribution in [0.1, 0.15) is 11.1 Å². The van der Waals surface area contributed by atoms with Gasteiger partial charge in [-0.25, -0.2) is 13.4 Å². The molecule has 0 saturated carbocycles. The van der Waals surface area contributed by atoms with Crippen LogP contribution in [0.25, 0.3) is 0 Å². The predicted molar refractivity (Wildman–Crippen MR) is 78.7 cm³/mol. The van der Waals surface area contributed by atoms with Crippen molar-refractivity contribution in [2.24, 2.45) is 0 Å². The molecule has 1 heterocycles. The van der Waals surface area contributed by atoms with Gasteiger partial charge in [0.2, 0.25) is 0 Å². The third kappa shape index (κ3) is 3.54. The van der Waals surface area contributed by atoms with Gasteiger partial charge < -0.3 is 0 Å². The van der Waals surface area contributed by atoms with Crippen LogP contribution in [-0.4, -0.2) is 13.4 Å². The second-order valence-corrected chi connectivity index (χ2v) is 6.89. The normalized spacial score (nSPS) is 11.3. The van der Waals surface area contributed by atoms with E-state index in [2.05, 4.69) is 25.6 Å². The fourth-order valence-corrected chi connectivity index (χ4v) is 3.27. The lowest BCUT2D eigenvalue weighted by Crippen LogP contribution is -2.14. The molecule has 1 aromatic carbocycles. The monoisotopic (exact) mass is 340 g/mol. The van der Waals surface area contributed by atoms with E-state index < -0.39 is 10.0 Å². The van der Waals surface area contributed by atoms with E-state index in [1.54, 1.807) is 24.3 Å². The molecular weight excluding hydrogens is 328 g/mol. The molecule has 0 unspecified atom stereocenters. The molecule has 0 saturated heterocycles. The van der Waals surface area contributed by atoms with E-state index >= 15 is 0 Å². The molecule has 0 radical (unpaired) electrons. The lowest BCUT2D eigenvalue weighted by Gasteiger charge is -2.09. The van der Waals surface area contributed by atoms with Crippen molar-refractivity contribution in [3.05, 3.63) is 52.1 Å². The number of sulfonamides is 1. The number of halogens is 1. The molecule has 19 heavy (non-hydrogen) atoms. The van der Waals surface area contributed by atoms with E-state index in [4.69, 9.17) is 0 Å². The van der Waals surface area contributed by atoms with E-state index in [9.17, 15) is 8.42 Å². The van der Waals surface area contributed by atoms with Gasteiger partial charge in [0, 0.05) is 10.7 Å². The second-order valence-electron chi connectivity index (χ2n) is 4.29. The minimum absolute atomic E-state index is 0.242. The zero-order chi connectivity index (χ0) is 14.0. The maximum atomic E-state index is 12.3. The average Bonchev–Trinajstić information content (AvgIpc) is 2.26. The van der Waals surface area contributed by atoms with Crippen molar-refractivity contribution in [2.45, 2.75) is 18.7 Å². The molecule has 6 heteroatoms. The summed E-state index contributed by atoms with van der Waals surface area (Å²) in [5.41, 5.74) is 1.81. The van der Waals surface area contributed by atoms with Gasteiger partial charge in [-0.2, -0.15) is 0 Å². The number of pyridine rings is 1. The molecule has 0 amide bonds. The Labute approximate surface area is 121 Å². The van der Waals surface area contributed by atoms with Crippen molar-refractivity contribution >= 4 is 31.8 Å². The molecule has 0 aliphatic carbocycles. The number of rotatable bonds is 3. The Morgan fingerprint density at radius 1 is 1.11 bits per heavy atom. The van der Waals surface area contributed by atoms with E-state index in [0.29, 0.717) is 0 Å². The molecule has 0 bridgehead atoms. The van der Waals surface area contributed by atoms with Gasteiger partial charge in [-0.3, -0.25) is 4.72 Å². The molecule has 0 aliphatic heterocycles. The van der Waals surface area contributed by atoms with E-state index in [1.807, 2.05) is 19.9 Å². The average molecular weight is 341 g/mol.